The Morgan fingerprint density at radius 2 is 1.83 bits per heavy atom. The summed E-state index contributed by atoms with van der Waals surface area (Å²) in [6.45, 7) is 3.69. The van der Waals surface area contributed by atoms with E-state index >= 15 is 0 Å². The van der Waals surface area contributed by atoms with Crippen LogP contribution in [0.3, 0.4) is 0 Å². The second kappa shape index (κ2) is 8.83. The average Bonchev–Trinajstić information content (AvgIpc) is 2.58. The van der Waals surface area contributed by atoms with Gasteiger partial charge in [-0.25, -0.2) is 0 Å². The van der Waals surface area contributed by atoms with Crippen LogP contribution in [0.25, 0.3) is 0 Å². The Kier molecular flexibility index (Phi) is 6.48. The number of aliphatic imine (C=N–C) groups is 1. The van der Waals surface area contributed by atoms with E-state index in [9.17, 15) is 0 Å². The van der Waals surface area contributed by atoms with Crippen molar-refractivity contribution in [3.63, 3.8) is 0 Å². The third-order valence-corrected chi connectivity index (χ3v) is 3.61. The van der Waals surface area contributed by atoms with Crippen molar-refractivity contribution in [2.45, 2.75) is 19.9 Å². The number of hydrogen-bond donors (Lipinski definition) is 2. The molecular formula is C19H25N3O. The van der Waals surface area contributed by atoms with E-state index in [2.05, 4.69) is 58.9 Å². The third kappa shape index (κ3) is 5.66. The van der Waals surface area contributed by atoms with Crippen molar-refractivity contribution < 1.29 is 4.74 Å². The molecule has 4 heteroatoms. The largest absolute Gasteiger partial charge is 0.497 e. The van der Waals surface area contributed by atoms with E-state index in [0.29, 0.717) is 0 Å². The summed E-state index contributed by atoms with van der Waals surface area (Å²) in [6, 6.07) is 16.6. The van der Waals surface area contributed by atoms with Gasteiger partial charge in [0.25, 0.3) is 0 Å². The van der Waals surface area contributed by atoms with Gasteiger partial charge < -0.3 is 15.4 Å². The first-order chi connectivity index (χ1) is 11.2. The molecule has 0 aromatic heterocycles. The van der Waals surface area contributed by atoms with Gasteiger partial charge in [-0.1, -0.05) is 42.0 Å². The van der Waals surface area contributed by atoms with Crippen LogP contribution in [0.1, 0.15) is 16.7 Å². The Labute approximate surface area is 138 Å². The first kappa shape index (κ1) is 16.9. The molecule has 4 nitrogen and oxygen atoms in total. The van der Waals surface area contributed by atoms with Crippen LogP contribution >= 0.6 is 0 Å². The number of rotatable bonds is 6. The van der Waals surface area contributed by atoms with Crippen LogP contribution in [0.4, 0.5) is 0 Å². The minimum Gasteiger partial charge on any atom is -0.497 e. The van der Waals surface area contributed by atoms with Crippen LogP contribution in [-0.4, -0.2) is 26.7 Å². The summed E-state index contributed by atoms with van der Waals surface area (Å²) < 4.78 is 5.24. The van der Waals surface area contributed by atoms with Crippen LogP contribution in [0, 0.1) is 6.92 Å². The molecule has 2 aromatic carbocycles. The summed E-state index contributed by atoms with van der Waals surface area (Å²) in [5.41, 5.74) is 3.76. The number of guanidine groups is 1. The lowest BCUT2D eigenvalue weighted by Crippen LogP contribution is -2.37. The minimum atomic E-state index is 0.764. The first-order valence-corrected chi connectivity index (χ1v) is 7.84. The van der Waals surface area contributed by atoms with Crippen LogP contribution < -0.4 is 15.4 Å². The Hall–Kier alpha value is -2.49. The normalized spacial score (nSPS) is 11.2. The van der Waals surface area contributed by atoms with Crippen molar-refractivity contribution in [3.8, 4) is 5.75 Å². The smallest absolute Gasteiger partial charge is 0.191 e. The predicted octanol–water partition coefficient (Wildman–Crippen LogP) is 2.91. The zero-order chi connectivity index (χ0) is 16.5. The van der Waals surface area contributed by atoms with Gasteiger partial charge in [0.1, 0.15) is 5.75 Å². The molecule has 0 aliphatic rings. The van der Waals surface area contributed by atoms with Crippen LogP contribution in [0.15, 0.2) is 53.5 Å². The fourth-order valence-corrected chi connectivity index (χ4v) is 2.38. The second-order valence-corrected chi connectivity index (χ2v) is 5.44. The fraction of sp³-hybridized carbons (Fsp3) is 0.316. The molecule has 0 aliphatic heterocycles. The number of benzene rings is 2. The van der Waals surface area contributed by atoms with Gasteiger partial charge in [-0.3, -0.25) is 4.99 Å². The van der Waals surface area contributed by atoms with Crippen molar-refractivity contribution in [1.29, 1.82) is 0 Å². The van der Waals surface area contributed by atoms with Gasteiger partial charge in [0.15, 0.2) is 5.96 Å². The van der Waals surface area contributed by atoms with Crippen LogP contribution in [0.5, 0.6) is 5.75 Å². The van der Waals surface area contributed by atoms with Gasteiger partial charge in [0, 0.05) is 20.1 Å². The van der Waals surface area contributed by atoms with E-state index in [-0.39, 0.29) is 0 Å². The Bertz CT molecular complexity index is 653. The van der Waals surface area contributed by atoms with E-state index in [4.69, 9.17) is 4.74 Å². The highest BCUT2D eigenvalue weighted by Crippen LogP contribution is 2.12. The number of nitrogens with zero attached hydrogens (tertiary/aromatic N) is 1. The molecule has 0 unspecified atom stereocenters. The van der Waals surface area contributed by atoms with E-state index in [1.54, 1.807) is 14.2 Å². The molecule has 0 amide bonds. The molecule has 0 radical (unpaired) electrons. The van der Waals surface area contributed by atoms with Crippen LogP contribution in [0.2, 0.25) is 0 Å². The fourth-order valence-electron chi connectivity index (χ4n) is 2.38. The van der Waals surface area contributed by atoms with E-state index in [0.717, 1.165) is 31.2 Å². The summed E-state index contributed by atoms with van der Waals surface area (Å²) in [5, 5.41) is 6.67. The maximum Gasteiger partial charge on any atom is 0.191 e. The molecule has 2 aromatic rings. The van der Waals surface area contributed by atoms with Crippen molar-refractivity contribution in [2.24, 2.45) is 4.99 Å². The maximum atomic E-state index is 5.24. The Morgan fingerprint density at radius 1 is 1.04 bits per heavy atom. The van der Waals surface area contributed by atoms with E-state index in [1.807, 2.05) is 12.1 Å². The lowest BCUT2D eigenvalue weighted by Gasteiger charge is -2.12. The zero-order valence-corrected chi connectivity index (χ0v) is 14.1. The average molecular weight is 311 g/mol. The van der Waals surface area contributed by atoms with Gasteiger partial charge in [0.2, 0.25) is 0 Å². The van der Waals surface area contributed by atoms with Crippen molar-refractivity contribution in [1.82, 2.24) is 10.6 Å². The molecule has 122 valence electrons. The second-order valence-electron chi connectivity index (χ2n) is 5.44. The number of ether oxygens (including phenoxy) is 1. The highest BCUT2D eigenvalue weighted by molar-refractivity contribution is 5.79. The lowest BCUT2D eigenvalue weighted by molar-refractivity contribution is 0.414. The molecule has 2 rings (SSSR count). The van der Waals surface area contributed by atoms with Gasteiger partial charge in [-0.2, -0.15) is 0 Å². The molecule has 0 atom stereocenters. The molecule has 0 spiro atoms. The topological polar surface area (TPSA) is 45.7 Å². The molecule has 0 bridgehead atoms. The quantitative estimate of drug-likeness (QED) is 0.637. The van der Waals surface area contributed by atoms with Gasteiger partial charge in [0.05, 0.1) is 7.11 Å². The lowest BCUT2D eigenvalue weighted by atomic mass is 10.1. The summed E-state index contributed by atoms with van der Waals surface area (Å²) >= 11 is 0. The monoisotopic (exact) mass is 311 g/mol. The summed E-state index contributed by atoms with van der Waals surface area (Å²) in [6.07, 6.45) is 0.919. The highest BCUT2D eigenvalue weighted by Gasteiger charge is 2.00. The first-order valence-electron chi connectivity index (χ1n) is 7.84. The number of hydrogen-bond acceptors (Lipinski definition) is 2. The van der Waals surface area contributed by atoms with Crippen molar-refractivity contribution in [2.75, 3.05) is 20.7 Å². The highest BCUT2D eigenvalue weighted by atomic mass is 16.5. The summed E-state index contributed by atoms with van der Waals surface area (Å²) in [5.74, 6) is 1.71. The van der Waals surface area contributed by atoms with E-state index in [1.165, 1.54) is 16.7 Å². The zero-order valence-electron chi connectivity index (χ0n) is 14.1. The Morgan fingerprint density at radius 3 is 2.57 bits per heavy atom. The molecule has 2 N–H and O–H groups in total. The van der Waals surface area contributed by atoms with Gasteiger partial charge in [-0.15, -0.1) is 0 Å². The SMILES string of the molecule is CN=C(NCCc1cccc(OC)c1)NCc1cccc(C)c1. The van der Waals surface area contributed by atoms with Crippen molar-refractivity contribution >= 4 is 5.96 Å². The molecule has 0 saturated carbocycles. The number of nitrogens with one attached hydrogen (secondary N) is 2. The number of aryl methyl sites for hydroxylation is 1. The summed E-state index contributed by atoms with van der Waals surface area (Å²) in [4.78, 5) is 4.26. The minimum absolute atomic E-state index is 0.764. The van der Waals surface area contributed by atoms with Crippen molar-refractivity contribution in [3.05, 3.63) is 65.2 Å². The van der Waals surface area contributed by atoms with Crippen LogP contribution in [-0.2, 0) is 13.0 Å². The summed E-state index contributed by atoms with van der Waals surface area (Å²) in [7, 11) is 3.48. The predicted molar refractivity (Wildman–Crippen MR) is 96.1 cm³/mol. The standard InChI is InChI=1S/C19H25N3O/c1-15-6-4-8-17(12-15)14-22-19(20-2)21-11-10-16-7-5-9-18(13-16)23-3/h4-9,12-13H,10-11,14H2,1-3H3,(H2,20,21,22). The molecule has 23 heavy (non-hydrogen) atoms. The molecule has 0 fully saturated rings. The van der Waals surface area contributed by atoms with E-state index < -0.39 is 0 Å². The number of methoxy groups -OCH3 is 1. The Balaban J connectivity index is 1.78. The molecule has 0 aliphatic carbocycles. The maximum absolute atomic E-state index is 5.24. The van der Waals surface area contributed by atoms with Gasteiger partial charge >= 0.3 is 0 Å². The molecule has 0 saturated heterocycles. The van der Waals surface area contributed by atoms with Gasteiger partial charge in [-0.05, 0) is 36.6 Å². The molecular weight excluding hydrogens is 286 g/mol. The molecule has 0 heterocycles. The third-order valence-electron chi connectivity index (χ3n) is 3.61.